The van der Waals surface area contributed by atoms with Crippen LogP contribution in [-0.2, 0) is 10.0 Å². The van der Waals surface area contributed by atoms with Gasteiger partial charge in [0.25, 0.3) is 5.91 Å². The number of rotatable bonds is 6. The minimum absolute atomic E-state index is 0.151. The molecule has 7 nitrogen and oxygen atoms in total. The molecule has 0 aromatic heterocycles. The molecule has 0 saturated heterocycles. The third kappa shape index (κ3) is 4.93. The van der Waals surface area contributed by atoms with Crippen molar-refractivity contribution in [1.29, 1.82) is 0 Å². The number of carbonyl (C=O) groups is 1. The Morgan fingerprint density at radius 1 is 1.37 bits per heavy atom. The molecule has 1 aromatic rings. The summed E-state index contributed by atoms with van der Waals surface area (Å²) in [6, 6.07) is 2.88. The largest absolute Gasteiger partial charge is 0.399 e. The number of halogens is 1. The van der Waals surface area contributed by atoms with Crippen molar-refractivity contribution in [1.82, 2.24) is 4.72 Å². The molecule has 0 saturated carbocycles. The monoisotopic (exact) mass is 306 g/mol. The zero-order chi connectivity index (χ0) is 14.6. The van der Waals surface area contributed by atoms with Gasteiger partial charge in [-0.3, -0.25) is 4.79 Å². The van der Waals surface area contributed by atoms with Crippen LogP contribution in [-0.4, -0.2) is 33.7 Å². The first-order valence-electron chi connectivity index (χ1n) is 5.28. The fraction of sp³-hybridized carbons (Fsp3) is 0.300. The number of nitrogens with two attached hydrogens (primary N) is 2. The highest BCUT2D eigenvalue weighted by atomic mass is 35.5. The van der Waals surface area contributed by atoms with Gasteiger partial charge in [0.2, 0.25) is 10.0 Å². The molecule has 0 unspecified atom stereocenters. The van der Waals surface area contributed by atoms with Crippen LogP contribution in [0.2, 0.25) is 5.02 Å². The van der Waals surface area contributed by atoms with Crippen molar-refractivity contribution in [2.75, 3.05) is 30.4 Å². The van der Waals surface area contributed by atoms with Crippen LogP contribution >= 0.6 is 11.6 Å². The van der Waals surface area contributed by atoms with Gasteiger partial charge < -0.3 is 16.8 Å². The van der Waals surface area contributed by atoms with Crippen LogP contribution in [0.4, 0.5) is 11.4 Å². The molecule has 0 aliphatic heterocycles. The van der Waals surface area contributed by atoms with E-state index in [4.69, 9.17) is 23.1 Å². The molecule has 0 fully saturated rings. The van der Waals surface area contributed by atoms with Crippen molar-refractivity contribution in [2.24, 2.45) is 5.73 Å². The number of carbonyl (C=O) groups excluding carboxylic acids is 1. The first-order chi connectivity index (χ1) is 8.70. The normalized spacial score (nSPS) is 11.3. The first-order valence-corrected chi connectivity index (χ1v) is 7.55. The van der Waals surface area contributed by atoms with Crippen molar-refractivity contribution in [2.45, 2.75) is 0 Å². The molecule has 9 heteroatoms. The van der Waals surface area contributed by atoms with Crippen molar-refractivity contribution >= 4 is 38.9 Å². The van der Waals surface area contributed by atoms with Gasteiger partial charge in [0.05, 0.1) is 22.5 Å². The maximum absolute atomic E-state index is 11.3. The number of hydrogen-bond donors (Lipinski definition) is 4. The second kappa shape index (κ2) is 6.09. The summed E-state index contributed by atoms with van der Waals surface area (Å²) in [5.74, 6) is -0.673. The van der Waals surface area contributed by atoms with E-state index in [1.54, 1.807) is 0 Å². The predicted molar refractivity (Wildman–Crippen MR) is 75.7 cm³/mol. The molecule has 1 amide bonds. The highest BCUT2D eigenvalue weighted by Crippen LogP contribution is 2.28. The van der Waals surface area contributed by atoms with E-state index in [1.807, 2.05) is 0 Å². The quantitative estimate of drug-likeness (QED) is 0.434. The predicted octanol–water partition coefficient (Wildman–Crippen LogP) is -0.0178. The Labute approximate surface area is 116 Å². The average Bonchev–Trinajstić information content (AvgIpc) is 2.24. The molecule has 19 heavy (non-hydrogen) atoms. The van der Waals surface area contributed by atoms with Crippen LogP contribution in [0.3, 0.4) is 0 Å². The molecule has 0 atom stereocenters. The molecule has 0 heterocycles. The van der Waals surface area contributed by atoms with Crippen LogP contribution in [0, 0.1) is 0 Å². The summed E-state index contributed by atoms with van der Waals surface area (Å²) < 4.78 is 24.0. The van der Waals surface area contributed by atoms with E-state index < -0.39 is 15.9 Å². The summed E-state index contributed by atoms with van der Waals surface area (Å²) in [6.07, 6.45) is 1.05. The minimum Gasteiger partial charge on any atom is -0.399 e. The zero-order valence-electron chi connectivity index (χ0n) is 10.2. The number of primary amides is 1. The molecular formula is C10H15ClN4O3S. The summed E-state index contributed by atoms with van der Waals surface area (Å²) in [5, 5.41) is 3.09. The third-order valence-electron chi connectivity index (χ3n) is 2.17. The Bertz CT molecular complexity index is 589. The maximum atomic E-state index is 11.3. The van der Waals surface area contributed by atoms with Crippen molar-refractivity contribution in [3.63, 3.8) is 0 Å². The summed E-state index contributed by atoms with van der Waals surface area (Å²) in [6.45, 7) is 0.398. The molecule has 1 rings (SSSR count). The highest BCUT2D eigenvalue weighted by Gasteiger charge is 2.13. The molecule has 0 aliphatic carbocycles. The molecule has 0 radical (unpaired) electrons. The van der Waals surface area contributed by atoms with E-state index in [-0.39, 0.29) is 23.7 Å². The Morgan fingerprint density at radius 3 is 2.53 bits per heavy atom. The number of nitrogen functional groups attached to an aromatic ring is 1. The molecular weight excluding hydrogens is 292 g/mol. The molecule has 6 N–H and O–H groups in total. The van der Waals surface area contributed by atoms with Crippen LogP contribution < -0.4 is 21.5 Å². The number of sulfonamides is 1. The SMILES string of the molecule is CS(=O)(=O)NCCNc1c(Cl)cc(N)cc1C(N)=O. The van der Waals surface area contributed by atoms with Gasteiger partial charge in [0, 0.05) is 18.8 Å². The Hall–Kier alpha value is -1.51. The fourth-order valence-electron chi connectivity index (χ4n) is 1.43. The van der Waals surface area contributed by atoms with Crippen molar-refractivity contribution < 1.29 is 13.2 Å². The van der Waals surface area contributed by atoms with E-state index in [0.29, 0.717) is 11.4 Å². The molecule has 0 bridgehead atoms. The Morgan fingerprint density at radius 2 is 2.00 bits per heavy atom. The summed E-state index contributed by atoms with van der Waals surface area (Å²) in [4.78, 5) is 11.3. The topological polar surface area (TPSA) is 127 Å². The lowest BCUT2D eigenvalue weighted by atomic mass is 10.1. The van der Waals surface area contributed by atoms with Gasteiger partial charge in [-0.2, -0.15) is 0 Å². The first kappa shape index (κ1) is 15.5. The lowest BCUT2D eigenvalue weighted by Gasteiger charge is -2.13. The third-order valence-corrected chi connectivity index (χ3v) is 3.20. The standard InChI is InChI=1S/C10H15ClN4O3S/c1-19(17,18)15-3-2-14-9-7(10(13)16)4-6(12)5-8(9)11/h4-5,14-15H,2-3,12H2,1H3,(H2,13,16). The van der Waals surface area contributed by atoms with Crippen LogP contribution in [0.15, 0.2) is 12.1 Å². The second-order valence-corrected chi connectivity index (χ2v) is 6.12. The van der Waals surface area contributed by atoms with Crippen LogP contribution in [0.1, 0.15) is 10.4 Å². The van der Waals surface area contributed by atoms with E-state index in [0.717, 1.165) is 6.26 Å². The lowest BCUT2D eigenvalue weighted by Crippen LogP contribution is -2.28. The van der Waals surface area contributed by atoms with Crippen molar-refractivity contribution in [3.05, 3.63) is 22.7 Å². The van der Waals surface area contributed by atoms with Crippen LogP contribution in [0.5, 0.6) is 0 Å². The van der Waals surface area contributed by atoms with Gasteiger partial charge in [-0.15, -0.1) is 0 Å². The maximum Gasteiger partial charge on any atom is 0.250 e. The van der Waals surface area contributed by atoms with Crippen molar-refractivity contribution in [3.8, 4) is 0 Å². The minimum atomic E-state index is -3.26. The lowest BCUT2D eigenvalue weighted by molar-refractivity contribution is 0.100. The van der Waals surface area contributed by atoms with E-state index in [9.17, 15) is 13.2 Å². The van der Waals surface area contributed by atoms with Gasteiger partial charge in [0.1, 0.15) is 0 Å². The Kier molecular flexibility index (Phi) is 4.98. The smallest absolute Gasteiger partial charge is 0.250 e. The zero-order valence-corrected chi connectivity index (χ0v) is 11.8. The van der Waals surface area contributed by atoms with Gasteiger partial charge in [0.15, 0.2) is 0 Å². The average molecular weight is 307 g/mol. The summed E-state index contributed by atoms with van der Waals surface area (Å²) >= 11 is 5.96. The van der Waals surface area contributed by atoms with E-state index in [1.165, 1.54) is 12.1 Å². The van der Waals surface area contributed by atoms with Gasteiger partial charge in [-0.05, 0) is 12.1 Å². The van der Waals surface area contributed by atoms with Gasteiger partial charge in [-0.1, -0.05) is 11.6 Å². The van der Waals surface area contributed by atoms with Gasteiger partial charge in [-0.25, -0.2) is 13.1 Å². The van der Waals surface area contributed by atoms with Gasteiger partial charge >= 0.3 is 0 Å². The Balaban J connectivity index is 2.80. The highest BCUT2D eigenvalue weighted by molar-refractivity contribution is 7.88. The number of amides is 1. The number of anilines is 2. The fourth-order valence-corrected chi connectivity index (χ4v) is 2.19. The van der Waals surface area contributed by atoms with Crippen LogP contribution in [0.25, 0.3) is 0 Å². The second-order valence-electron chi connectivity index (χ2n) is 3.88. The van der Waals surface area contributed by atoms with E-state index >= 15 is 0 Å². The molecule has 106 valence electrons. The number of hydrogen-bond acceptors (Lipinski definition) is 5. The molecule has 1 aromatic carbocycles. The molecule has 0 aliphatic rings. The summed E-state index contributed by atoms with van der Waals surface area (Å²) in [5.41, 5.74) is 11.6. The molecule has 0 spiro atoms. The van der Waals surface area contributed by atoms with E-state index in [2.05, 4.69) is 10.0 Å². The number of benzene rings is 1. The number of nitrogens with one attached hydrogen (secondary N) is 2. The summed E-state index contributed by atoms with van der Waals surface area (Å²) in [7, 11) is -3.26.